The topological polar surface area (TPSA) is 55.0 Å². The van der Waals surface area contributed by atoms with Crippen molar-refractivity contribution in [1.29, 1.82) is 0 Å². The quantitative estimate of drug-likeness (QED) is 0.885. The van der Waals surface area contributed by atoms with Crippen molar-refractivity contribution < 1.29 is 0 Å². The number of hydrogen-bond acceptors (Lipinski definition) is 5. The molecule has 16 heavy (non-hydrogen) atoms. The Morgan fingerprint density at radius 1 is 1.38 bits per heavy atom. The van der Waals surface area contributed by atoms with Crippen LogP contribution in [0.5, 0.6) is 0 Å². The first-order valence-electron chi connectivity index (χ1n) is 5.03. The van der Waals surface area contributed by atoms with E-state index in [-0.39, 0.29) is 6.04 Å². The molecule has 1 unspecified atom stereocenters. The predicted molar refractivity (Wildman–Crippen MR) is 67.6 cm³/mol. The van der Waals surface area contributed by atoms with Crippen LogP contribution in [0.1, 0.15) is 17.8 Å². The summed E-state index contributed by atoms with van der Waals surface area (Å²) in [5.74, 6) is 1.19. The highest BCUT2D eigenvalue weighted by Gasteiger charge is 2.16. The maximum absolute atomic E-state index is 5.80. The molecule has 2 aromatic rings. The molecular weight excluding hydrogens is 220 g/mol. The van der Waals surface area contributed by atoms with E-state index in [9.17, 15) is 0 Å². The Labute approximate surface area is 98.8 Å². The first-order valence-corrected chi connectivity index (χ1v) is 5.91. The first-order chi connectivity index (χ1) is 7.70. The highest BCUT2D eigenvalue weighted by atomic mass is 32.1. The van der Waals surface area contributed by atoms with Crippen LogP contribution in [-0.4, -0.2) is 17.0 Å². The second-order valence-electron chi connectivity index (χ2n) is 3.57. The van der Waals surface area contributed by atoms with Crippen molar-refractivity contribution in [3.05, 3.63) is 34.8 Å². The smallest absolute Gasteiger partial charge is 0.171 e. The van der Waals surface area contributed by atoms with Gasteiger partial charge in [0.15, 0.2) is 11.6 Å². The van der Waals surface area contributed by atoms with Crippen molar-refractivity contribution in [3.8, 4) is 0 Å². The van der Waals surface area contributed by atoms with E-state index in [0.29, 0.717) is 5.82 Å². The van der Waals surface area contributed by atoms with Crippen molar-refractivity contribution in [2.75, 3.05) is 17.7 Å². The number of anilines is 2. The van der Waals surface area contributed by atoms with Gasteiger partial charge >= 0.3 is 0 Å². The molecule has 4 nitrogen and oxygen atoms in total. The summed E-state index contributed by atoms with van der Waals surface area (Å²) in [7, 11) is 1.98. The fourth-order valence-corrected chi connectivity index (χ4v) is 2.34. The Morgan fingerprint density at radius 3 is 2.75 bits per heavy atom. The van der Waals surface area contributed by atoms with E-state index in [2.05, 4.69) is 28.3 Å². The largest absolute Gasteiger partial charge is 0.381 e. The van der Waals surface area contributed by atoms with Gasteiger partial charge in [-0.15, -0.1) is 11.3 Å². The summed E-state index contributed by atoms with van der Waals surface area (Å²) in [6.07, 6.45) is 3.26. The lowest BCUT2D eigenvalue weighted by atomic mass is 10.2. The van der Waals surface area contributed by atoms with Crippen LogP contribution in [0.3, 0.4) is 0 Å². The highest BCUT2D eigenvalue weighted by molar-refractivity contribution is 7.10. The standard InChI is InChI=1S/C11H14N4S/c1-8(9-4-3-7-16-9)15(2)11-10(12)13-5-6-14-11/h3-8H,1-2H3,(H2,12,13). The number of nitrogens with zero attached hydrogens (tertiary/aromatic N) is 3. The Kier molecular flexibility index (Phi) is 3.05. The van der Waals surface area contributed by atoms with Crippen molar-refractivity contribution in [3.63, 3.8) is 0 Å². The monoisotopic (exact) mass is 234 g/mol. The predicted octanol–water partition coefficient (Wildman–Crippen LogP) is 2.32. The zero-order valence-corrected chi connectivity index (χ0v) is 10.1. The third kappa shape index (κ3) is 1.99. The second kappa shape index (κ2) is 4.49. The van der Waals surface area contributed by atoms with Gasteiger partial charge in [-0.3, -0.25) is 0 Å². The van der Waals surface area contributed by atoms with Crippen LogP contribution in [0, 0.1) is 0 Å². The van der Waals surface area contributed by atoms with Crippen molar-refractivity contribution in [2.24, 2.45) is 0 Å². The van der Waals surface area contributed by atoms with E-state index in [1.54, 1.807) is 23.7 Å². The van der Waals surface area contributed by atoms with Crippen molar-refractivity contribution >= 4 is 23.0 Å². The number of hydrogen-bond donors (Lipinski definition) is 1. The van der Waals surface area contributed by atoms with Crippen molar-refractivity contribution in [1.82, 2.24) is 9.97 Å². The van der Waals surface area contributed by atoms with Crippen LogP contribution in [0.2, 0.25) is 0 Å². The summed E-state index contributed by atoms with van der Waals surface area (Å²) in [5, 5.41) is 2.07. The molecule has 0 aliphatic carbocycles. The van der Waals surface area contributed by atoms with Crippen LogP contribution in [0.15, 0.2) is 29.9 Å². The molecule has 2 N–H and O–H groups in total. The van der Waals surface area contributed by atoms with Gasteiger partial charge in [-0.1, -0.05) is 6.07 Å². The van der Waals surface area contributed by atoms with Gasteiger partial charge in [0.2, 0.25) is 0 Å². The summed E-state index contributed by atoms with van der Waals surface area (Å²) < 4.78 is 0. The fraction of sp³-hybridized carbons (Fsp3) is 0.273. The number of aromatic nitrogens is 2. The number of nitrogen functional groups attached to an aromatic ring is 1. The second-order valence-corrected chi connectivity index (χ2v) is 4.55. The molecule has 0 amide bonds. The molecule has 2 heterocycles. The van der Waals surface area contributed by atoms with Crippen LogP contribution >= 0.6 is 11.3 Å². The molecule has 0 fully saturated rings. The van der Waals surface area contributed by atoms with Crippen molar-refractivity contribution in [2.45, 2.75) is 13.0 Å². The molecule has 84 valence electrons. The summed E-state index contributed by atoms with van der Waals surface area (Å²) >= 11 is 1.73. The Balaban J connectivity index is 2.26. The van der Waals surface area contributed by atoms with Crippen LogP contribution in [0.4, 0.5) is 11.6 Å². The lowest BCUT2D eigenvalue weighted by Crippen LogP contribution is -2.23. The number of rotatable bonds is 3. The minimum atomic E-state index is 0.249. The zero-order valence-electron chi connectivity index (χ0n) is 9.29. The van der Waals surface area contributed by atoms with E-state index < -0.39 is 0 Å². The molecule has 2 rings (SSSR count). The number of nitrogens with two attached hydrogens (primary N) is 1. The third-order valence-corrected chi connectivity index (χ3v) is 3.62. The Bertz CT molecular complexity index is 455. The molecule has 0 radical (unpaired) electrons. The van der Waals surface area contributed by atoms with Gasteiger partial charge in [0.05, 0.1) is 6.04 Å². The van der Waals surface area contributed by atoms with Gasteiger partial charge in [0.25, 0.3) is 0 Å². The molecule has 0 aliphatic heterocycles. The average molecular weight is 234 g/mol. The molecule has 5 heteroatoms. The fourth-order valence-electron chi connectivity index (χ4n) is 1.52. The molecule has 0 bridgehead atoms. The minimum Gasteiger partial charge on any atom is -0.381 e. The van der Waals surface area contributed by atoms with E-state index >= 15 is 0 Å². The van der Waals surface area contributed by atoms with Crippen LogP contribution < -0.4 is 10.6 Å². The normalized spacial score (nSPS) is 12.4. The van der Waals surface area contributed by atoms with Gasteiger partial charge in [0, 0.05) is 24.3 Å². The Morgan fingerprint density at radius 2 is 2.12 bits per heavy atom. The van der Waals surface area contributed by atoms with Gasteiger partial charge in [-0.25, -0.2) is 9.97 Å². The highest BCUT2D eigenvalue weighted by Crippen LogP contribution is 2.28. The molecule has 0 saturated carbocycles. The SMILES string of the molecule is CC(c1cccs1)N(C)c1nccnc1N. The van der Waals surface area contributed by atoms with Gasteiger partial charge in [-0.05, 0) is 18.4 Å². The number of thiophene rings is 1. The molecule has 0 spiro atoms. The lowest BCUT2D eigenvalue weighted by molar-refractivity contribution is 0.741. The molecule has 2 aromatic heterocycles. The minimum absolute atomic E-state index is 0.249. The van der Waals surface area contributed by atoms with Gasteiger partial charge in [0.1, 0.15) is 0 Å². The third-order valence-electron chi connectivity index (χ3n) is 2.58. The van der Waals surface area contributed by atoms with Crippen LogP contribution in [0.25, 0.3) is 0 Å². The average Bonchev–Trinajstić information content (AvgIpc) is 2.81. The summed E-state index contributed by atoms with van der Waals surface area (Å²) in [6.45, 7) is 2.12. The molecular formula is C11H14N4S. The lowest BCUT2D eigenvalue weighted by Gasteiger charge is -2.25. The van der Waals surface area contributed by atoms with Gasteiger partial charge < -0.3 is 10.6 Å². The maximum atomic E-state index is 5.80. The maximum Gasteiger partial charge on any atom is 0.171 e. The molecule has 1 atom stereocenters. The molecule has 0 saturated heterocycles. The zero-order chi connectivity index (χ0) is 11.5. The first kappa shape index (κ1) is 10.9. The molecule has 0 aliphatic rings. The van der Waals surface area contributed by atoms with E-state index in [1.807, 2.05) is 18.0 Å². The van der Waals surface area contributed by atoms with E-state index in [4.69, 9.17) is 5.73 Å². The summed E-state index contributed by atoms with van der Waals surface area (Å²) in [4.78, 5) is 11.6. The van der Waals surface area contributed by atoms with Crippen LogP contribution in [-0.2, 0) is 0 Å². The van der Waals surface area contributed by atoms with E-state index in [0.717, 1.165) is 5.82 Å². The summed E-state index contributed by atoms with van der Waals surface area (Å²) in [5.41, 5.74) is 5.80. The van der Waals surface area contributed by atoms with E-state index in [1.165, 1.54) is 4.88 Å². The summed E-state index contributed by atoms with van der Waals surface area (Å²) in [6, 6.07) is 4.40. The Hall–Kier alpha value is -1.62. The van der Waals surface area contributed by atoms with Gasteiger partial charge in [-0.2, -0.15) is 0 Å². The molecule has 0 aromatic carbocycles.